The van der Waals surface area contributed by atoms with Crippen molar-refractivity contribution >= 4 is 11.3 Å². The zero-order chi connectivity index (χ0) is 13.6. The van der Waals surface area contributed by atoms with E-state index in [0.29, 0.717) is 0 Å². The zero-order valence-electron chi connectivity index (χ0n) is 11.6. The molecule has 0 unspecified atom stereocenters. The van der Waals surface area contributed by atoms with Gasteiger partial charge in [0.25, 0.3) is 0 Å². The van der Waals surface area contributed by atoms with Crippen molar-refractivity contribution in [3.05, 3.63) is 57.3 Å². The molecule has 0 saturated carbocycles. The average Bonchev–Trinajstić information content (AvgIpc) is 3.10. The Kier molecular flexibility index (Phi) is 2.95. The summed E-state index contributed by atoms with van der Waals surface area (Å²) in [6, 6.07) is 11.1. The van der Waals surface area contributed by atoms with Crippen molar-refractivity contribution in [1.82, 2.24) is 4.90 Å². The van der Waals surface area contributed by atoms with Gasteiger partial charge in [-0.3, -0.25) is 4.90 Å². The highest BCUT2D eigenvalue weighted by atomic mass is 32.1. The smallest absolute Gasteiger partial charge is 0.0416 e. The van der Waals surface area contributed by atoms with E-state index in [1.54, 1.807) is 4.88 Å². The van der Waals surface area contributed by atoms with Crippen molar-refractivity contribution in [1.29, 1.82) is 0 Å². The van der Waals surface area contributed by atoms with Crippen molar-refractivity contribution < 1.29 is 0 Å². The Balaban J connectivity index is 1.65. The Labute approximate surface area is 124 Å². The molecule has 1 aromatic heterocycles. The van der Waals surface area contributed by atoms with Crippen LogP contribution in [-0.2, 0) is 25.8 Å². The van der Waals surface area contributed by atoms with Crippen LogP contribution in [0.15, 0.2) is 35.7 Å². The van der Waals surface area contributed by atoms with Gasteiger partial charge in [-0.05, 0) is 47.4 Å². The fourth-order valence-corrected chi connectivity index (χ4v) is 4.71. The molecule has 20 heavy (non-hydrogen) atoms. The number of fused-ring (bicyclic) bond motifs is 2. The molecule has 0 saturated heterocycles. The lowest BCUT2D eigenvalue weighted by Gasteiger charge is -2.42. The summed E-state index contributed by atoms with van der Waals surface area (Å²) in [4.78, 5) is 4.21. The van der Waals surface area contributed by atoms with Crippen LogP contribution in [0, 0.1) is 0 Å². The van der Waals surface area contributed by atoms with E-state index in [9.17, 15) is 0 Å². The van der Waals surface area contributed by atoms with E-state index in [4.69, 9.17) is 5.73 Å². The van der Waals surface area contributed by atoms with E-state index in [1.807, 2.05) is 11.3 Å². The molecular weight excluding hydrogens is 264 g/mol. The summed E-state index contributed by atoms with van der Waals surface area (Å²) in [5.41, 5.74) is 10.9. The molecule has 4 rings (SSSR count). The molecule has 0 radical (unpaired) electrons. The molecule has 0 amide bonds. The van der Waals surface area contributed by atoms with Gasteiger partial charge in [0.2, 0.25) is 0 Å². The number of nitrogens with two attached hydrogens (primary N) is 1. The number of hydrogen-bond donors (Lipinski definition) is 1. The molecule has 1 aliphatic heterocycles. The SMILES string of the molecule is NCC1(N2CCc3sccc3C2)Cc2ccccc2C1. The highest BCUT2D eigenvalue weighted by Crippen LogP contribution is 2.37. The second-order valence-electron chi connectivity index (χ2n) is 6.09. The van der Waals surface area contributed by atoms with Crippen molar-refractivity contribution in [2.45, 2.75) is 31.3 Å². The van der Waals surface area contributed by atoms with E-state index in [0.717, 1.165) is 32.5 Å². The second kappa shape index (κ2) is 4.69. The predicted molar refractivity (Wildman–Crippen MR) is 84.1 cm³/mol. The second-order valence-corrected chi connectivity index (χ2v) is 7.09. The molecular formula is C17H20N2S. The third-order valence-corrected chi connectivity index (χ3v) is 6.04. The monoisotopic (exact) mass is 284 g/mol. The lowest BCUT2D eigenvalue weighted by Crippen LogP contribution is -2.56. The predicted octanol–water partition coefficient (Wildman–Crippen LogP) is 2.60. The third-order valence-electron chi connectivity index (χ3n) is 5.02. The molecule has 1 aromatic carbocycles. The molecule has 0 spiro atoms. The highest BCUT2D eigenvalue weighted by Gasteiger charge is 2.42. The molecule has 2 aromatic rings. The van der Waals surface area contributed by atoms with Crippen LogP contribution in [0.1, 0.15) is 21.6 Å². The number of thiophene rings is 1. The Bertz CT molecular complexity index is 606. The first-order chi connectivity index (χ1) is 9.81. The molecule has 2 nitrogen and oxygen atoms in total. The summed E-state index contributed by atoms with van der Waals surface area (Å²) in [7, 11) is 0. The van der Waals surface area contributed by atoms with Gasteiger partial charge in [-0.25, -0.2) is 0 Å². The first kappa shape index (κ1) is 12.6. The fourth-order valence-electron chi connectivity index (χ4n) is 3.82. The molecule has 2 aliphatic rings. The van der Waals surface area contributed by atoms with Crippen molar-refractivity contribution in [2.75, 3.05) is 13.1 Å². The molecule has 0 bridgehead atoms. The Morgan fingerprint density at radius 1 is 1.10 bits per heavy atom. The molecule has 0 fully saturated rings. The lowest BCUT2D eigenvalue weighted by molar-refractivity contribution is 0.0883. The van der Waals surface area contributed by atoms with Crippen LogP contribution in [0.5, 0.6) is 0 Å². The Hall–Kier alpha value is -1.16. The van der Waals surface area contributed by atoms with Crippen LogP contribution in [0.25, 0.3) is 0 Å². The van der Waals surface area contributed by atoms with Crippen molar-refractivity contribution in [3.8, 4) is 0 Å². The van der Waals surface area contributed by atoms with E-state index >= 15 is 0 Å². The van der Waals surface area contributed by atoms with Crippen LogP contribution in [0.2, 0.25) is 0 Å². The highest BCUT2D eigenvalue weighted by molar-refractivity contribution is 7.10. The summed E-state index contributed by atoms with van der Waals surface area (Å²) >= 11 is 1.91. The van der Waals surface area contributed by atoms with Gasteiger partial charge in [0, 0.05) is 30.1 Å². The van der Waals surface area contributed by atoms with Crippen molar-refractivity contribution in [3.63, 3.8) is 0 Å². The lowest BCUT2D eigenvalue weighted by atomic mass is 9.91. The first-order valence-electron chi connectivity index (χ1n) is 7.38. The largest absolute Gasteiger partial charge is 0.329 e. The minimum absolute atomic E-state index is 0.142. The number of benzene rings is 1. The number of nitrogens with zero attached hydrogens (tertiary/aromatic N) is 1. The Morgan fingerprint density at radius 2 is 1.85 bits per heavy atom. The maximum atomic E-state index is 6.24. The summed E-state index contributed by atoms with van der Waals surface area (Å²) in [6.45, 7) is 2.98. The molecule has 0 atom stereocenters. The van der Waals surface area contributed by atoms with Crippen LogP contribution in [-0.4, -0.2) is 23.5 Å². The van der Waals surface area contributed by atoms with Gasteiger partial charge in [0.05, 0.1) is 0 Å². The number of hydrogen-bond acceptors (Lipinski definition) is 3. The first-order valence-corrected chi connectivity index (χ1v) is 8.26. The van der Waals surface area contributed by atoms with Crippen LogP contribution in [0.4, 0.5) is 0 Å². The molecule has 3 heteroatoms. The van der Waals surface area contributed by atoms with E-state index in [-0.39, 0.29) is 5.54 Å². The molecule has 1 aliphatic carbocycles. The van der Waals surface area contributed by atoms with Gasteiger partial charge in [-0.2, -0.15) is 0 Å². The minimum atomic E-state index is 0.142. The summed E-state index contributed by atoms with van der Waals surface area (Å²) in [5.74, 6) is 0. The molecule has 2 N–H and O–H groups in total. The van der Waals surface area contributed by atoms with Crippen molar-refractivity contribution in [2.24, 2.45) is 5.73 Å². The van der Waals surface area contributed by atoms with Gasteiger partial charge < -0.3 is 5.73 Å². The van der Waals surface area contributed by atoms with Crippen LogP contribution < -0.4 is 5.73 Å². The summed E-state index contributed by atoms with van der Waals surface area (Å²) in [6.07, 6.45) is 3.41. The fraction of sp³-hybridized carbons (Fsp3) is 0.412. The molecule has 2 heterocycles. The van der Waals surface area contributed by atoms with Gasteiger partial charge >= 0.3 is 0 Å². The number of rotatable bonds is 2. The van der Waals surface area contributed by atoms with Gasteiger partial charge in [0.1, 0.15) is 0 Å². The topological polar surface area (TPSA) is 29.3 Å². The maximum Gasteiger partial charge on any atom is 0.0416 e. The van der Waals surface area contributed by atoms with Crippen LogP contribution in [0.3, 0.4) is 0 Å². The van der Waals surface area contributed by atoms with Gasteiger partial charge in [0.15, 0.2) is 0 Å². The minimum Gasteiger partial charge on any atom is -0.329 e. The summed E-state index contributed by atoms with van der Waals surface area (Å²) < 4.78 is 0. The van der Waals surface area contributed by atoms with E-state index in [1.165, 1.54) is 23.1 Å². The third kappa shape index (κ3) is 1.85. The summed E-state index contributed by atoms with van der Waals surface area (Å²) in [5, 5.41) is 2.23. The van der Waals surface area contributed by atoms with Gasteiger partial charge in [-0.15, -0.1) is 11.3 Å². The maximum absolute atomic E-state index is 6.24. The normalized spacial score (nSPS) is 20.6. The van der Waals surface area contributed by atoms with E-state index < -0.39 is 0 Å². The molecule has 104 valence electrons. The standard InChI is InChI=1S/C17H20N2S/c18-12-17(9-13-3-1-2-4-14(13)10-17)19-7-5-16-15(11-19)6-8-20-16/h1-4,6,8H,5,7,9-12,18H2. The Morgan fingerprint density at radius 3 is 2.55 bits per heavy atom. The zero-order valence-corrected chi connectivity index (χ0v) is 12.5. The van der Waals surface area contributed by atoms with Crippen LogP contribution >= 0.6 is 11.3 Å². The average molecular weight is 284 g/mol. The van der Waals surface area contributed by atoms with E-state index in [2.05, 4.69) is 40.6 Å². The van der Waals surface area contributed by atoms with Gasteiger partial charge in [-0.1, -0.05) is 24.3 Å². The quantitative estimate of drug-likeness (QED) is 0.918.